The van der Waals surface area contributed by atoms with Gasteiger partial charge >= 0.3 is 0 Å². The minimum atomic E-state index is -0.411. The SMILES string of the molecule is CC(O)C(C)(C)NCCCC(N)=NO. The lowest BCUT2D eigenvalue weighted by atomic mass is 9.99. The summed E-state index contributed by atoms with van der Waals surface area (Å²) >= 11 is 0. The first kappa shape index (κ1) is 13.2. The first-order chi connectivity index (χ1) is 6.40. The lowest BCUT2D eigenvalue weighted by molar-refractivity contribution is 0.0969. The molecule has 0 aliphatic carbocycles. The average molecular weight is 203 g/mol. The predicted octanol–water partition coefficient (Wildman–Crippen LogP) is 0.262. The van der Waals surface area contributed by atoms with E-state index < -0.39 is 6.10 Å². The molecule has 0 saturated carbocycles. The van der Waals surface area contributed by atoms with Crippen LogP contribution in [0.1, 0.15) is 33.6 Å². The highest BCUT2D eigenvalue weighted by molar-refractivity contribution is 5.79. The van der Waals surface area contributed by atoms with E-state index in [-0.39, 0.29) is 11.4 Å². The molecule has 1 atom stereocenters. The fourth-order valence-corrected chi connectivity index (χ4v) is 0.878. The minimum Gasteiger partial charge on any atom is -0.409 e. The van der Waals surface area contributed by atoms with Gasteiger partial charge in [0.1, 0.15) is 5.84 Å². The predicted molar refractivity (Wildman–Crippen MR) is 56.4 cm³/mol. The Bertz CT molecular complexity index is 190. The van der Waals surface area contributed by atoms with Gasteiger partial charge < -0.3 is 21.4 Å². The maximum Gasteiger partial charge on any atom is 0.139 e. The molecule has 5 N–H and O–H groups in total. The van der Waals surface area contributed by atoms with Crippen LogP contribution in [0.5, 0.6) is 0 Å². The Labute approximate surface area is 85.0 Å². The zero-order valence-electron chi connectivity index (χ0n) is 9.12. The summed E-state index contributed by atoms with van der Waals surface area (Å²) in [5, 5.41) is 23.7. The van der Waals surface area contributed by atoms with Gasteiger partial charge in [-0.3, -0.25) is 0 Å². The highest BCUT2D eigenvalue weighted by atomic mass is 16.4. The molecule has 5 heteroatoms. The Hall–Kier alpha value is -0.810. The molecule has 5 nitrogen and oxygen atoms in total. The topological polar surface area (TPSA) is 90.9 Å². The monoisotopic (exact) mass is 203 g/mol. The van der Waals surface area contributed by atoms with E-state index in [1.54, 1.807) is 6.92 Å². The van der Waals surface area contributed by atoms with E-state index in [9.17, 15) is 5.11 Å². The molecule has 0 radical (unpaired) electrons. The lowest BCUT2D eigenvalue weighted by Crippen LogP contribution is -2.48. The third-order valence-corrected chi connectivity index (χ3v) is 2.36. The summed E-state index contributed by atoms with van der Waals surface area (Å²) in [4.78, 5) is 0. The molecule has 0 amide bonds. The fraction of sp³-hybridized carbons (Fsp3) is 0.889. The number of hydrogen-bond donors (Lipinski definition) is 4. The zero-order chi connectivity index (χ0) is 11.2. The number of aliphatic hydroxyl groups is 1. The second kappa shape index (κ2) is 5.82. The molecule has 14 heavy (non-hydrogen) atoms. The third kappa shape index (κ3) is 5.04. The summed E-state index contributed by atoms with van der Waals surface area (Å²) in [6.45, 7) is 6.34. The molecule has 0 spiro atoms. The van der Waals surface area contributed by atoms with E-state index in [1.165, 1.54) is 0 Å². The van der Waals surface area contributed by atoms with Crippen molar-refractivity contribution in [2.24, 2.45) is 10.9 Å². The van der Waals surface area contributed by atoms with E-state index in [2.05, 4.69) is 10.5 Å². The van der Waals surface area contributed by atoms with Crippen LogP contribution in [0.3, 0.4) is 0 Å². The number of nitrogens with zero attached hydrogens (tertiary/aromatic N) is 1. The molecule has 0 rings (SSSR count). The first-order valence-corrected chi connectivity index (χ1v) is 4.79. The van der Waals surface area contributed by atoms with E-state index in [0.717, 1.165) is 13.0 Å². The van der Waals surface area contributed by atoms with Crippen LogP contribution in [0.2, 0.25) is 0 Å². The number of aliphatic hydroxyl groups excluding tert-OH is 1. The number of hydrogen-bond acceptors (Lipinski definition) is 4. The normalized spacial score (nSPS) is 15.6. The molecule has 0 aromatic carbocycles. The second-order valence-corrected chi connectivity index (χ2v) is 4.02. The van der Waals surface area contributed by atoms with Crippen molar-refractivity contribution in [3.63, 3.8) is 0 Å². The van der Waals surface area contributed by atoms with Crippen molar-refractivity contribution in [2.45, 2.75) is 45.3 Å². The van der Waals surface area contributed by atoms with E-state index in [4.69, 9.17) is 10.9 Å². The van der Waals surface area contributed by atoms with Gasteiger partial charge in [-0.2, -0.15) is 0 Å². The number of nitrogens with one attached hydrogen (secondary N) is 1. The van der Waals surface area contributed by atoms with Gasteiger partial charge in [-0.05, 0) is 33.7 Å². The van der Waals surface area contributed by atoms with Gasteiger partial charge in [-0.1, -0.05) is 5.16 Å². The standard InChI is InChI=1S/C9H21N3O2/c1-7(13)9(2,3)11-6-4-5-8(10)12-14/h7,11,13-14H,4-6H2,1-3H3,(H2,10,12). The molecule has 0 bridgehead atoms. The van der Waals surface area contributed by atoms with E-state index in [1.807, 2.05) is 13.8 Å². The molecule has 0 aliphatic heterocycles. The molecule has 0 heterocycles. The van der Waals surface area contributed by atoms with E-state index in [0.29, 0.717) is 6.42 Å². The number of oxime groups is 1. The Balaban J connectivity index is 3.64. The Kier molecular flexibility index (Phi) is 5.49. The fourth-order valence-electron chi connectivity index (χ4n) is 0.878. The number of nitrogens with two attached hydrogens (primary N) is 1. The van der Waals surface area contributed by atoms with Crippen molar-refractivity contribution in [1.29, 1.82) is 0 Å². The summed E-state index contributed by atoms with van der Waals surface area (Å²) < 4.78 is 0. The lowest BCUT2D eigenvalue weighted by Gasteiger charge is -2.29. The molecule has 0 fully saturated rings. The van der Waals surface area contributed by atoms with Gasteiger partial charge in [-0.15, -0.1) is 0 Å². The molecule has 1 unspecified atom stereocenters. The average Bonchev–Trinajstić information content (AvgIpc) is 2.11. The summed E-state index contributed by atoms with van der Waals surface area (Å²) in [6.07, 6.45) is 0.928. The highest BCUT2D eigenvalue weighted by Gasteiger charge is 2.22. The van der Waals surface area contributed by atoms with Gasteiger partial charge in [0.25, 0.3) is 0 Å². The summed E-state index contributed by atoms with van der Waals surface area (Å²) in [6, 6.07) is 0. The van der Waals surface area contributed by atoms with Crippen molar-refractivity contribution in [1.82, 2.24) is 5.32 Å². The first-order valence-electron chi connectivity index (χ1n) is 4.79. The van der Waals surface area contributed by atoms with Crippen LogP contribution in [0.15, 0.2) is 5.16 Å². The van der Waals surface area contributed by atoms with Crippen molar-refractivity contribution >= 4 is 5.84 Å². The number of amidine groups is 1. The van der Waals surface area contributed by atoms with Crippen LogP contribution in [-0.4, -0.2) is 34.3 Å². The van der Waals surface area contributed by atoms with Crippen molar-refractivity contribution in [3.8, 4) is 0 Å². The summed E-state index contributed by atoms with van der Waals surface area (Å²) in [7, 11) is 0. The van der Waals surface area contributed by atoms with Crippen LogP contribution in [0.25, 0.3) is 0 Å². The smallest absolute Gasteiger partial charge is 0.139 e. The van der Waals surface area contributed by atoms with Gasteiger partial charge in [0.2, 0.25) is 0 Å². The van der Waals surface area contributed by atoms with Crippen molar-refractivity contribution in [2.75, 3.05) is 6.54 Å². The molecule has 84 valence electrons. The molecule has 0 aromatic rings. The van der Waals surface area contributed by atoms with Crippen molar-refractivity contribution in [3.05, 3.63) is 0 Å². The van der Waals surface area contributed by atoms with Gasteiger partial charge in [-0.25, -0.2) is 0 Å². The maximum absolute atomic E-state index is 9.38. The molecule has 0 saturated heterocycles. The summed E-state index contributed by atoms with van der Waals surface area (Å²) in [5.41, 5.74) is 5.00. The third-order valence-electron chi connectivity index (χ3n) is 2.36. The summed E-state index contributed by atoms with van der Waals surface area (Å²) in [5.74, 6) is 0.238. The maximum atomic E-state index is 9.38. The van der Waals surface area contributed by atoms with Gasteiger partial charge in [0, 0.05) is 12.0 Å². The quantitative estimate of drug-likeness (QED) is 0.164. The Morgan fingerprint density at radius 1 is 1.57 bits per heavy atom. The molecule has 0 aromatic heterocycles. The van der Waals surface area contributed by atoms with Gasteiger partial charge in [0.15, 0.2) is 0 Å². The van der Waals surface area contributed by atoms with Crippen molar-refractivity contribution < 1.29 is 10.3 Å². The molecular weight excluding hydrogens is 182 g/mol. The van der Waals surface area contributed by atoms with Crippen LogP contribution < -0.4 is 11.1 Å². The van der Waals surface area contributed by atoms with Crippen LogP contribution in [0, 0.1) is 0 Å². The van der Waals surface area contributed by atoms with Crippen LogP contribution >= 0.6 is 0 Å². The van der Waals surface area contributed by atoms with Crippen LogP contribution in [0.4, 0.5) is 0 Å². The minimum absolute atomic E-state index is 0.238. The van der Waals surface area contributed by atoms with E-state index >= 15 is 0 Å². The molecular formula is C9H21N3O2. The Morgan fingerprint density at radius 2 is 2.14 bits per heavy atom. The highest BCUT2D eigenvalue weighted by Crippen LogP contribution is 2.07. The largest absolute Gasteiger partial charge is 0.409 e. The number of rotatable bonds is 6. The van der Waals surface area contributed by atoms with Crippen LogP contribution in [-0.2, 0) is 0 Å². The molecule has 0 aliphatic rings. The van der Waals surface area contributed by atoms with Gasteiger partial charge in [0.05, 0.1) is 6.10 Å². The second-order valence-electron chi connectivity index (χ2n) is 4.02. The zero-order valence-corrected chi connectivity index (χ0v) is 9.12. The Morgan fingerprint density at radius 3 is 2.57 bits per heavy atom.